The Hall–Kier alpha value is -3.42. The molecule has 0 unspecified atom stereocenters. The monoisotopic (exact) mass is 402 g/mol. The molecular weight excluding hydrogens is 376 g/mol. The number of unbranched alkanes of at least 4 members (excludes halogenated alkanes) is 1. The zero-order valence-electron chi connectivity index (χ0n) is 17.6. The van der Waals surface area contributed by atoms with Crippen molar-refractivity contribution in [1.82, 2.24) is 40.4 Å². The maximum absolute atomic E-state index is 4.80. The molecule has 0 amide bonds. The van der Waals surface area contributed by atoms with E-state index in [-0.39, 0.29) is 0 Å². The molecule has 0 saturated heterocycles. The van der Waals surface area contributed by atoms with Gasteiger partial charge in [0.05, 0.1) is 0 Å². The van der Waals surface area contributed by atoms with E-state index in [2.05, 4.69) is 75.3 Å². The van der Waals surface area contributed by atoms with Crippen LogP contribution in [-0.4, -0.2) is 40.4 Å². The van der Waals surface area contributed by atoms with Gasteiger partial charge in [0.15, 0.2) is 5.82 Å². The van der Waals surface area contributed by atoms with Gasteiger partial charge in [-0.05, 0) is 28.8 Å². The van der Waals surface area contributed by atoms with Crippen molar-refractivity contribution < 1.29 is 0 Å². The van der Waals surface area contributed by atoms with Crippen molar-refractivity contribution in [3.63, 3.8) is 0 Å². The highest BCUT2D eigenvalue weighted by Crippen LogP contribution is 2.29. The quantitative estimate of drug-likeness (QED) is 0.478. The Kier molecular flexibility index (Phi) is 5.92. The van der Waals surface area contributed by atoms with Crippen molar-refractivity contribution >= 4 is 0 Å². The minimum absolute atomic E-state index is 0.322. The molecule has 3 heterocycles. The van der Waals surface area contributed by atoms with Gasteiger partial charge in [0.1, 0.15) is 5.82 Å². The second-order valence-electron chi connectivity index (χ2n) is 7.65. The molecule has 4 aromatic rings. The van der Waals surface area contributed by atoms with Crippen LogP contribution >= 0.6 is 0 Å². The lowest BCUT2D eigenvalue weighted by atomic mass is 9.99. The lowest BCUT2D eigenvalue weighted by Gasteiger charge is -2.08. The first-order valence-corrected chi connectivity index (χ1v) is 10.4. The smallest absolute Gasteiger partial charge is 0.205 e. The Balaban J connectivity index is 1.59. The first kappa shape index (κ1) is 19.9. The van der Waals surface area contributed by atoms with E-state index in [1.54, 1.807) is 6.20 Å². The van der Waals surface area contributed by atoms with E-state index in [1.165, 1.54) is 5.56 Å². The van der Waals surface area contributed by atoms with E-state index in [0.717, 1.165) is 54.1 Å². The number of aromatic nitrogens is 8. The summed E-state index contributed by atoms with van der Waals surface area (Å²) in [6, 6.07) is 10.4. The van der Waals surface area contributed by atoms with Crippen LogP contribution in [0.25, 0.3) is 22.5 Å². The number of tetrazole rings is 1. The molecule has 0 aliphatic carbocycles. The number of H-pyrrole nitrogens is 1. The molecule has 1 aromatic carbocycles. The summed E-state index contributed by atoms with van der Waals surface area (Å²) in [5.74, 6) is 2.82. The molecule has 0 aliphatic rings. The predicted molar refractivity (Wildman–Crippen MR) is 115 cm³/mol. The fraction of sp³-hybridized carbons (Fsp3) is 0.364. The van der Waals surface area contributed by atoms with E-state index in [9.17, 15) is 0 Å². The summed E-state index contributed by atoms with van der Waals surface area (Å²) in [5.41, 5.74) is 4.12. The van der Waals surface area contributed by atoms with Crippen LogP contribution in [0.3, 0.4) is 0 Å². The first-order valence-electron chi connectivity index (χ1n) is 10.4. The lowest BCUT2D eigenvalue weighted by Crippen LogP contribution is -2.06. The van der Waals surface area contributed by atoms with Crippen LogP contribution in [-0.2, 0) is 13.0 Å². The fourth-order valence-corrected chi connectivity index (χ4v) is 3.34. The van der Waals surface area contributed by atoms with Gasteiger partial charge < -0.3 is 0 Å². The summed E-state index contributed by atoms with van der Waals surface area (Å²) in [6.07, 6.45) is 6.57. The minimum atomic E-state index is 0.322. The Morgan fingerprint density at radius 2 is 1.90 bits per heavy atom. The van der Waals surface area contributed by atoms with Gasteiger partial charge in [-0.1, -0.05) is 51.5 Å². The molecule has 0 bridgehead atoms. The van der Waals surface area contributed by atoms with E-state index >= 15 is 0 Å². The Morgan fingerprint density at radius 1 is 1.07 bits per heavy atom. The van der Waals surface area contributed by atoms with Crippen LogP contribution in [0.4, 0.5) is 0 Å². The highest BCUT2D eigenvalue weighted by atomic mass is 15.5. The lowest BCUT2D eigenvalue weighted by molar-refractivity contribution is 0.543. The number of benzene rings is 1. The number of rotatable bonds is 8. The summed E-state index contributed by atoms with van der Waals surface area (Å²) >= 11 is 0. The number of aryl methyl sites for hydroxylation is 1. The normalized spacial score (nSPS) is 11.3. The first-order chi connectivity index (χ1) is 14.7. The second kappa shape index (κ2) is 8.94. The van der Waals surface area contributed by atoms with Gasteiger partial charge in [-0.15, -0.1) is 10.2 Å². The SMILES string of the molecule is CCCCn1nc(C(C)C)nc1Cc1ccc(-c2cnccc2-c2nn[nH]n2)cc1. The molecule has 0 fully saturated rings. The molecule has 30 heavy (non-hydrogen) atoms. The van der Waals surface area contributed by atoms with Crippen LogP contribution in [0, 0.1) is 0 Å². The summed E-state index contributed by atoms with van der Waals surface area (Å²) in [5, 5.41) is 19.1. The molecule has 8 nitrogen and oxygen atoms in total. The summed E-state index contributed by atoms with van der Waals surface area (Å²) in [7, 11) is 0. The number of nitrogens with one attached hydrogen (secondary N) is 1. The second-order valence-corrected chi connectivity index (χ2v) is 7.65. The number of hydrogen-bond donors (Lipinski definition) is 1. The summed E-state index contributed by atoms with van der Waals surface area (Å²) in [4.78, 5) is 9.07. The maximum Gasteiger partial charge on any atom is 0.205 e. The molecule has 0 spiro atoms. The van der Waals surface area contributed by atoms with Crippen molar-refractivity contribution in [3.8, 4) is 22.5 Å². The molecule has 8 heteroatoms. The van der Waals surface area contributed by atoms with Crippen LogP contribution in [0.15, 0.2) is 42.7 Å². The average Bonchev–Trinajstić information content (AvgIpc) is 3.43. The molecule has 3 aromatic heterocycles. The minimum Gasteiger partial charge on any atom is -0.264 e. The number of hydrogen-bond acceptors (Lipinski definition) is 6. The third-order valence-corrected chi connectivity index (χ3v) is 5.04. The molecule has 1 N–H and O–H groups in total. The third kappa shape index (κ3) is 4.27. The van der Waals surface area contributed by atoms with Crippen molar-refractivity contribution in [2.24, 2.45) is 0 Å². The van der Waals surface area contributed by atoms with Crippen LogP contribution in [0.5, 0.6) is 0 Å². The van der Waals surface area contributed by atoms with Gasteiger partial charge in [-0.25, -0.2) is 9.67 Å². The zero-order valence-corrected chi connectivity index (χ0v) is 17.6. The fourth-order valence-electron chi connectivity index (χ4n) is 3.34. The van der Waals surface area contributed by atoms with Gasteiger partial charge >= 0.3 is 0 Å². The molecular formula is C22H26N8. The van der Waals surface area contributed by atoms with E-state index in [0.29, 0.717) is 11.7 Å². The molecule has 0 radical (unpaired) electrons. The molecule has 0 saturated carbocycles. The zero-order chi connectivity index (χ0) is 20.9. The Labute approximate surface area is 175 Å². The van der Waals surface area contributed by atoms with Crippen molar-refractivity contribution in [3.05, 3.63) is 59.9 Å². The Bertz CT molecular complexity index is 1080. The largest absolute Gasteiger partial charge is 0.264 e. The molecule has 0 aliphatic heterocycles. The number of nitrogens with zero attached hydrogens (tertiary/aromatic N) is 7. The molecule has 4 rings (SSSR count). The third-order valence-electron chi connectivity index (χ3n) is 5.04. The predicted octanol–water partition coefficient (Wildman–Crippen LogP) is 4.03. The van der Waals surface area contributed by atoms with E-state index in [1.807, 2.05) is 12.3 Å². The topological polar surface area (TPSA) is 98.1 Å². The summed E-state index contributed by atoms with van der Waals surface area (Å²) in [6.45, 7) is 7.37. The van der Waals surface area contributed by atoms with E-state index in [4.69, 9.17) is 10.1 Å². The van der Waals surface area contributed by atoms with Gasteiger partial charge in [-0.2, -0.15) is 10.3 Å². The maximum atomic E-state index is 4.80. The standard InChI is InChI=1S/C22H26N8/c1-4-5-12-30-20(24-21(27-30)15(2)3)13-16-6-8-17(9-7-16)19-14-23-11-10-18(19)22-25-28-29-26-22/h6-11,14-15H,4-5,12-13H2,1-3H3,(H,25,26,28,29). The van der Waals surface area contributed by atoms with E-state index < -0.39 is 0 Å². The van der Waals surface area contributed by atoms with Crippen LogP contribution < -0.4 is 0 Å². The number of aromatic amines is 1. The van der Waals surface area contributed by atoms with Gasteiger partial charge in [0.2, 0.25) is 5.82 Å². The number of pyridine rings is 1. The van der Waals surface area contributed by atoms with Gasteiger partial charge in [-0.3, -0.25) is 4.98 Å². The van der Waals surface area contributed by atoms with Gasteiger partial charge in [0.25, 0.3) is 0 Å². The van der Waals surface area contributed by atoms with Crippen LogP contribution in [0.2, 0.25) is 0 Å². The molecule has 0 atom stereocenters. The van der Waals surface area contributed by atoms with Crippen molar-refractivity contribution in [2.75, 3.05) is 0 Å². The highest BCUT2D eigenvalue weighted by molar-refractivity contribution is 5.79. The average molecular weight is 403 g/mol. The van der Waals surface area contributed by atoms with Crippen molar-refractivity contribution in [1.29, 1.82) is 0 Å². The Morgan fingerprint density at radius 3 is 2.60 bits per heavy atom. The van der Waals surface area contributed by atoms with Crippen LogP contribution in [0.1, 0.15) is 56.7 Å². The highest BCUT2D eigenvalue weighted by Gasteiger charge is 2.14. The van der Waals surface area contributed by atoms with Gasteiger partial charge in [0, 0.05) is 42.4 Å². The summed E-state index contributed by atoms with van der Waals surface area (Å²) < 4.78 is 2.07. The molecule has 154 valence electrons. The van der Waals surface area contributed by atoms with Crippen molar-refractivity contribution in [2.45, 2.75) is 52.5 Å².